The standard InChI is InChI=1S/C12H21N3O2/c16-11(14-5-4-10-2-1-3-10)12(17)15-8-6-13-7-9-15/h10,13H,1-9H2,(H,14,16). The van der Waals surface area contributed by atoms with Crippen LogP contribution in [0.15, 0.2) is 0 Å². The Balaban J connectivity index is 1.65. The summed E-state index contributed by atoms with van der Waals surface area (Å²) in [6.45, 7) is 3.47. The van der Waals surface area contributed by atoms with Gasteiger partial charge in [0.15, 0.2) is 0 Å². The van der Waals surface area contributed by atoms with Crippen LogP contribution in [0, 0.1) is 5.92 Å². The molecule has 0 radical (unpaired) electrons. The van der Waals surface area contributed by atoms with Crippen molar-refractivity contribution in [1.82, 2.24) is 15.5 Å². The number of carbonyl (C=O) groups excluding carboxylic acids is 2. The van der Waals surface area contributed by atoms with E-state index >= 15 is 0 Å². The number of nitrogens with one attached hydrogen (secondary N) is 2. The first-order valence-corrected chi connectivity index (χ1v) is 6.55. The van der Waals surface area contributed by atoms with E-state index in [0.717, 1.165) is 25.4 Å². The number of piperazine rings is 1. The van der Waals surface area contributed by atoms with E-state index in [0.29, 0.717) is 19.6 Å². The molecule has 2 amide bonds. The third kappa shape index (κ3) is 3.43. The number of rotatable bonds is 3. The van der Waals surface area contributed by atoms with E-state index < -0.39 is 5.91 Å². The summed E-state index contributed by atoms with van der Waals surface area (Å²) in [4.78, 5) is 25.0. The average Bonchev–Trinajstić information content (AvgIpc) is 2.32. The van der Waals surface area contributed by atoms with Crippen LogP contribution in [0.2, 0.25) is 0 Å². The minimum absolute atomic E-state index is 0.375. The van der Waals surface area contributed by atoms with Crippen molar-refractivity contribution >= 4 is 11.8 Å². The Kier molecular flexibility index (Phi) is 4.36. The normalized spacial score (nSPS) is 20.8. The molecule has 1 aliphatic carbocycles. The van der Waals surface area contributed by atoms with Crippen LogP contribution in [0.5, 0.6) is 0 Å². The van der Waals surface area contributed by atoms with Gasteiger partial charge in [0.2, 0.25) is 0 Å². The minimum atomic E-state index is -0.439. The highest BCUT2D eigenvalue weighted by Crippen LogP contribution is 2.28. The summed E-state index contributed by atoms with van der Waals surface area (Å²) < 4.78 is 0. The molecule has 96 valence electrons. The maximum Gasteiger partial charge on any atom is 0.311 e. The second-order valence-electron chi connectivity index (χ2n) is 4.88. The molecule has 2 rings (SSSR count). The first-order chi connectivity index (χ1) is 8.27. The van der Waals surface area contributed by atoms with Crippen molar-refractivity contribution in [3.63, 3.8) is 0 Å². The fourth-order valence-electron chi connectivity index (χ4n) is 2.26. The SMILES string of the molecule is O=C(NCCC1CCC1)C(=O)N1CCNCC1. The van der Waals surface area contributed by atoms with E-state index in [4.69, 9.17) is 0 Å². The van der Waals surface area contributed by atoms with Crippen LogP contribution in [0.1, 0.15) is 25.7 Å². The van der Waals surface area contributed by atoms with E-state index in [-0.39, 0.29) is 5.91 Å². The van der Waals surface area contributed by atoms with Crippen molar-refractivity contribution in [2.75, 3.05) is 32.7 Å². The van der Waals surface area contributed by atoms with Crippen molar-refractivity contribution < 1.29 is 9.59 Å². The van der Waals surface area contributed by atoms with Gasteiger partial charge in [-0.05, 0) is 12.3 Å². The molecule has 1 saturated heterocycles. The largest absolute Gasteiger partial charge is 0.348 e. The number of amides is 2. The molecule has 0 atom stereocenters. The van der Waals surface area contributed by atoms with Gasteiger partial charge in [-0.15, -0.1) is 0 Å². The molecule has 2 fully saturated rings. The zero-order chi connectivity index (χ0) is 12.1. The molecule has 0 unspecified atom stereocenters. The second kappa shape index (κ2) is 6.00. The molecule has 17 heavy (non-hydrogen) atoms. The molecule has 0 spiro atoms. The lowest BCUT2D eigenvalue weighted by Crippen LogP contribution is -2.51. The Morgan fingerprint density at radius 1 is 1.24 bits per heavy atom. The quantitative estimate of drug-likeness (QED) is 0.666. The van der Waals surface area contributed by atoms with Gasteiger partial charge in [-0.1, -0.05) is 19.3 Å². The molecule has 5 heteroatoms. The predicted octanol–water partition coefficient (Wildman–Crippen LogP) is -0.275. The zero-order valence-electron chi connectivity index (χ0n) is 10.2. The van der Waals surface area contributed by atoms with E-state index in [1.165, 1.54) is 19.3 Å². The monoisotopic (exact) mass is 239 g/mol. The van der Waals surface area contributed by atoms with Gasteiger partial charge in [0.25, 0.3) is 0 Å². The summed E-state index contributed by atoms with van der Waals surface area (Å²) in [5, 5.41) is 5.88. The van der Waals surface area contributed by atoms with Crippen LogP contribution >= 0.6 is 0 Å². The summed E-state index contributed by atoms with van der Waals surface area (Å²) in [7, 11) is 0. The first-order valence-electron chi connectivity index (χ1n) is 6.55. The molecular weight excluding hydrogens is 218 g/mol. The van der Waals surface area contributed by atoms with Gasteiger partial charge in [-0.25, -0.2) is 0 Å². The highest BCUT2D eigenvalue weighted by molar-refractivity contribution is 6.35. The lowest BCUT2D eigenvalue weighted by Gasteiger charge is -2.27. The zero-order valence-corrected chi connectivity index (χ0v) is 10.2. The Morgan fingerprint density at radius 3 is 2.53 bits per heavy atom. The molecule has 2 N–H and O–H groups in total. The molecule has 0 aromatic rings. The molecule has 0 aromatic carbocycles. The van der Waals surface area contributed by atoms with Crippen LogP contribution in [0.4, 0.5) is 0 Å². The van der Waals surface area contributed by atoms with Gasteiger partial charge >= 0.3 is 11.8 Å². The maximum absolute atomic E-state index is 11.7. The van der Waals surface area contributed by atoms with E-state index in [2.05, 4.69) is 10.6 Å². The summed E-state index contributed by atoms with van der Waals surface area (Å²) in [6.07, 6.45) is 4.89. The smallest absolute Gasteiger partial charge is 0.311 e. The van der Waals surface area contributed by atoms with E-state index in [9.17, 15) is 9.59 Å². The number of hydrogen-bond acceptors (Lipinski definition) is 3. The van der Waals surface area contributed by atoms with Crippen molar-refractivity contribution in [3.8, 4) is 0 Å². The molecular formula is C12H21N3O2. The van der Waals surface area contributed by atoms with Gasteiger partial charge in [0.1, 0.15) is 0 Å². The van der Waals surface area contributed by atoms with Gasteiger partial charge in [-0.2, -0.15) is 0 Å². The van der Waals surface area contributed by atoms with Crippen LogP contribution in [0.25, 0.3) is 0 Å². The van der Waals surface area contributed by atoms with Gasteiger partial charge < -0.3 is 15.5 Å². The summed E-state index contributed by atoms with van der Waals surface area (Å²) in [5.41, 5.74) is 0. The number of nitrogens with zero attached hydrogens (tertiary/aromatic N) is 1. The van der Waals surface area contributed by atoms with Gasteiger partial charge in [0, 0.05) is 32.7 Å². The van der Waals surface area contributed by atoms with E-state index in [1.54, 1.807) is 4.90 Å². The molecule has 0 aromatic heterocycles. The summed E-state index contributed by atoms with van der Waals surface area (Å²) in [6, 6.07) is 0. The maximum atomic E-state index is 11.7. The fourth-order valence-corrected chi connectivity index (χ4v) is 2.26. The third-order valence-corrected chi connectivity index (χ3v) is 3.66. The van der Waals surface area contributed by atoms with Crippen molar-refractivity contribution in [3.05, 3.63) is 0 Å². The van der Waals surface area contributed by atoms with Crippen LogP contribution < -0.4 is 10.6 Å². The van der Waals surface area contributed by atoms with Crippen LogP contribution in [-0.4, -0.2) is 49.4 Å². The first kappa shape index (κ1) is 12.4. The molecule has 1 heterocycles. The number of carbonyl (C=O) groups is 2. The molecule has 2 aliphatic rings. The van der Waals surface area contributed by atoms with Crippen molar-refractivity contribution in [1.29, 1.82) is 0 Å². The minimum Gasteiger partial charge on any atom is -0.348 e. The van der Waals surface area contributed by atoms with Crippen molar-refractivity contribution in [2.45, 2.75) is 25.7 Å². The second-order valence-corrected chi connectivity index (χ2v) is 4.88. The molecule has 1 saturated carbocycles. The van der Waals surface area contributed by atoms with Crippen LogP contribution in [0.3, 0.4) is 0 Å². The van der Waals surface area contributed by atoms with E-state index in [1.807, 2.05) is 0 Å². The predicted molar refractivity (Wildman–Crippen MR) is 64.4 cm³/mol. The highest BCUT2D eigenvalue weighted by atomic mass is 16.2. The Bertz CT molecular complexity index is 283. The molecule has 1 aliphatic heterocycles. The Labute approximate surface area is 102 Å². The summed E-state index contributed by atoms with van der Waals surface area (Å²) >= 11 is 0. The lowest BCUT2D eigenvalue weighted by atomic mass is 9.83. The van der Waals surface area contributed by atoms with Gasteiger partial charge in [0.05, 0.1) is 0 Å². The van der Waals surface area contributed by atoms with Crippen molar-refractivity contribution in [2.24, 2.45) is 5.92 Å². The number of hydrogen-bond donors (Lipinski definition) is 2. The Morgan fingerprint density at radius 2 is 1.94 bits per heavy atom. The van der Waals surface area contributed by atoms with Crippen LogP contribution in [-0.2, 0) is 9.59 Å². The lowest BCUT2D eigenvalue weighted by molar-refractivity contribution is -0.146. The summed E-state index contributed by atoms with van der Waals surface area (Å²) in [5.74, 6) is -0.0454. The highest BCUT2D eigenvalue weighted by Gasteiger charge is 2.23. The molecule has 0 bridgehead atoms. The molecule has 5 nitrogen and oxygen atoms in total. The third-order valence-electron chi connectivity index (χ3n) is 3.66. The topological polar surface area (TPSA) is 61.4 Å². The average molecular weight is 239 g/mol. The Hall–Kier alpha value is -1.10. The van der Waals surface area contributed by atoms with Gasteiger partial charge in [-0.3, -0.25) is 9.59 Å². The fraction of sp³-hybridized carbons (Fsp3) is 0.833.